The topological polar surface area (TPSA) is 74.8 Å². The third-order valence-corrected chi connectivity index (χ3v) is 2.28. The number of rotatable bonds is 0. The zero-order valence-electron chi connectivity index (χ0n) is 7.00. The van der Waals surface area contributed by atoms with Gasteiger partial charge in [0.2, 0.25) is 0 Å². The molecule has 5 nitrogen and oxygen atoms in total. The van der Waals surface area contributed by atoms with Crippen LogP contribution in [0.4, 0.5) is 5.69 Å². The van der Waals surface area contributed by atoms with Gasteiger partial charge in [0.15, 0.2) is 5.69 Å². The second-order valence-corrected chi connectivity index (χ2v) is 3.08. The zero-order chi connectivity index (χ0) is 9.71. The van der Waals surface area contributed by atoms with E-state index in [1.165, 1.54) is 0 Å². The van der Waals surface area contributed by atoms with Gasteiger partial charge < -0.3 is 5.32 Å². The Kier molecular flexibility index (Phi) is 1.14. The number of aromatic nitrogens is 2. The van der Waals surface area contributed by atoms with Crippen molar-refractivity contribution in [3.63, 3.8) is 0 Å². The van der Waals surface area contributed by atoms with Crippen LogP contribution in [0.2, 0.25) is 0 Å². The van der Waals surface area contributed by atoms with Crippen molar-refractivity contribution in [1.82, 2.24) is 10.2 Å². The fourth-order valence-electron chi connectivity index (χ4n) is 1.67. The molecule has 68 valence electrons. The van der Waals surface area contributed by atoms with Gasteiger partial charge in [0.05, 0.1) is 11.1 Å². The molecular weight excluding hydrogens is 182 g/mol. The molecule has 0 aliphatic carbocycles. The van der Waals surface area contributed by atoms with E-state index in [-0.39, 0.29) is 17.2 Å². The molecule has 0 saturated heterocycles. The number of anilines is 1. The monoisotopic (exact) mass is 187 g/mol. The quantitative estimate of drug-likeness (QED) is 0.630. The van der Waals surface area contributed by atoms with Crippen molar-refractivity contribution in [2.45, 2.75) is 0 Å². The Hall–Kier alpha value is -2.17. The van der Waals surface area contributed by atoms with Crippen molar-refractivity contribution in [2.75, 3.05) is 5.32 Å². The molecule has 0 fully saturated rings. The lowest BCUT2D eigenvalue weighted by molar-refractivity contribution is 0.102. The first-order valence-electron chi connectivity index (χ1n) is 4.10. The molecule has 0 atom stereocenters. The minimum Gasteiger partial charge on any atom is -0.320 e. The molecule has 2 heterocycles. The van der Waals surface area contributed by atoms with Crippen LogP contribution in [0.3, 0.4) is 0 Å². The van der Waals surface area contributed by atoms with E-state index in [0.29, 0.717) is 16.5 Å². The van der Waals surface area contributed by atoms with Gasteiger partial charge in [-0.15, -0.1) is 0 Å². The summed E-state index contributed by atoms with van der Waals surface area (Å²) in [5.74, 6) is -0.271. The van der Waals surface area contributed by atoms with Crippen molar-refractivity contribution in [3.8, 4) is 0 Å². The highest BCUT2D eigenvalue weighted by molar-refractivity contribution is 6.22. The number of benzene rings is 1. The molecule has 0 spiro atoms. The molecule has 0 radical (unpaired) electrons. The molecule has 1 aliphatic heterocycles. The average molecular weight is 187 g/mol. The van der Waals surface area contributed by atoms with E-state index in [4.69, 9.17) is 0 Å². The number of carbonyl (C=O) groups excluding carboxylic acids is 1. The third kappa shape index (κ3) is 0.711. The fraction of sp³-hybridized carbons (Fsp3) is 0. The lowest BCUT2D eigenvalue weighted by Crippen LogP contribution is -2.12. The Morgan fingerprint density at radius 1 is 1.21 bits per heavy atom. The summed E-state index contributed by atoms with van der Waals surface area (Å²) in [4.78, 5) is 22.7. The van der Waals surface area contributed by atoms with Gasteiger partial charge in [-0.25, -0.2) is 5.10 Å². The first-order valence-corrected chi connectivity index (χ1v) is 4.10. The van der Waals surface area contributed by atoms with Crippen LogP contribution in [0.5, 0.6) is 0 Å². The van der Waals surface area contributed by atoms with Gasteiger partial charge in [0.1, 0.15) is 0 Å². The molecule has 0 unspecified atom stereocenters. The second kappa shape index (κ2) is 2.20. The predicted molar refractivity (Wildman–Crippen MR) is 50.3 cm³/mol. The highest BCUT2D eigenvalue weighted by atomic mass is 16.2. The van der Waals surface area contributed by atoms with Crippen molar-refractivity contribution in [3.05, 3.63) is 34.2 Å². The van der Waals surface area contributed by atoms with Crippen LogP contribution in [0, 0.1) is 0 Å². The van der Waals surface area contributed by atoms with E-state index in [0.717, 1.165) is 0 Å². The van der Waals surface area contributed by atoms with Crippen LogP contribution < -0.4 is 10.9 Å². The minimum atomic E-state index is -0.276. The third-order valence-electron chi connectivity index (χ3n) is 2.28. The van der Waals surface area contributed by atoms with Gasteiger partial charge in [0.25, 0.3) is 11.5 Å². The molecule has 1 aliphatic rings. The van der Waals surface area contributed by atoms with E-state index >= 15 is 0 Å². The largest absolute Gasteiger partial charge is 0.320 e. The summed E-state index contributed by atoms with van der Waals surface area (Å²) >= 11 is 0. The first-order chi connectivity index (χ1) is 6.77. The maximum absolute atomic E-state index is 11.4. The van der Waals surface area contributed by atoms with Crippen LogP contribution in [0.1, 0.15) is 10.5 Å². The first kappa shape index (κ1) is 7.25. The smallest absolute Gasteiger partial charge is 0.276 e. The van der Waals surface area contributed by atoms with Crippen LogP contribution in [0.15, 0.2) is 23.0 Å². The number of nitrogens with zero attached hydrogens (tertiary/aromatic N) is 1. The summed E-state index contributed by atoms with van der Waals surface area (Å²) in [7, 11) is 0. The Morgan fingerprint density at radius 2 is 2.07 bits per heavy atom. The Labute approximate surface area is 77.8 Å². The van der Waals surface area contributed by atoms with Crippen molar-refractivity contribution in [1.29, 1.82) is 0 Å². The van der Waals surface area contributed by atoms with Gasteiger partial charge in [0, 0.05) is 5.39 Å². The molecule has 1 amide bonds. The lowest BCUT2D eigenvalue weighted by Gasteiger charge is -1.95. The standard InChI is InChI=1S/C9H5N3O2/c13-8-4-2-1-3-5-6(4)7(11-12-8)9(14)10-5/h1-3H,(H,10,14)(H,12,13). The summed E-state index contributed by atoms with van der Waals surface area (Å²) in [5.41, 5.74) is 0.665. The summed E-state index contributed by atoms with van der Waals surface area (Å²) in [6.45, 7) is 0. The summed E-state index contributed by atoms with van der Waals surface area (Å²) in [6, 6.07) is 5.14. The minimum absolute atomic E-state index is 0.271. The molecule has 1 aromatic carbocycles. The number of H-pyrrole nitrogens is 1. The summed E-state index contributed by atoms with van der Waals surface area (Å²) < 4.78 is 0. The normalized spacial score (nSPS) is 13.3. The second-order valence-electron chi connectivity index (χ2n) is 3.08. The Balaban J connectivity index is 2.65. The zero-order valence-corrected chi connectivity index (χ0v) is 7.00. The maximum Gasteiger partial charge on any atom is 0.276 e. The number of hydrogen-bond acceptors (Lipinski definition) is 3. The Morgan fingerprint density at radius 3 is 2.93 bits per heavy atom. The molecule has 0 bridgehead atoms. The number of nitrogens with one attached hydrogen (secondary N) is 2. The van der Waals surface area contributed by atoms with Crippen LogP contribution in [0.25, 0.3) is 10.8 Å². The predicted octanol–water partition coefficient (Wildman–Crippen LogP) is 0.489. The van der Waals surface area contributed by atoms with Crippen LogP contribution in [-0.2, 0) is 0 Å². The van der Waals surface area contributed by atoms with Gasteiger partial charge in [-0.3, -0.25) is 9.59 Å². The summed E-state index contributed by atoms with van der Waals surface area (Å²) in [5, 5.41) is 9.74. The molecule has 1 aromatic heterocycles. The molecule has 5 heteroatoms. The highest BCUT2D eigenvalue weighted by Crippen LogP contribution is 2.28. The van der Waals surface area contributed by atoms with Gasteiger partial charge in [-0.1, -0.05) is 6.07 Å². The van der Waals surface area contributed by atoms with Crippen LogP contribution in [-0.4, -0.2) is 16.1 Å². The molecule has 2 N–H and O–H groups in total. The fourth-order valence-corrected chi connectivity index (χ4v) is 1.67. The van der Waals surface area contributed by atoms with Gasteiger partial charge in [-0.2, -0.15) is 5.10 Å². The number of aromatic amines is 1. The SMILES string of the molecule is O=C1Nc2cccc3c(=O)[nH]nc1c23. The van der Waals surface area contributed by atoms with Crippen molar-refractivity contribution < 1.29 is 4.79 Å². The number of hydrogen-bond donors (Lipinski definition) is 2. The lowest BCUT2D eigenvalue weighted by atomic mass is 10.1. The molecule has 0 saturated carbocycles. The maximum atomic E-state index is 11.4. The van der Waals surface area contributed by atoms with E-state index in [2.05, 4.69) is 15.5 Å². The van der Waals surface area contributed by atoms with Crippen molar-refractivity contribution in [2.24, 2.45) is 0 Å². The van der Waals surface area contributed by atoms with E-state index < -0.39 is 0 Å². The number of carbonyl (C=O) groups is 1. The Bertz CT molecular complexity index is 615. The van der Waals surface area contributed by atoms with E-state index in [9.17, 15) is 9.59 Å². The summed E-state index contributed by atoms with van der Waals surface area (Å²) in [6.07, 6.45) is 0. The van der Waals surface area contributed by atoms with Gasteiger partial charge in [-0.05, 0) is 12.1 Å². The molecule has 14 heavy (non-hydrogen) atoms. The molecule has 3 rings (SSSR count). The average Bonchev–Trinajstić information content (AvgIpc) is 2.50. The van der Waals surface area contributed by atoms with Gasteiger partial charge >= 0.3 is 0 Å². The van der Waals surface area contributed by atoms with E-state index in [1.54, 1.807) is 18.2 Å². The van der Waals surface area contributed by atoms with E-state index in [1.807, 2.05) is 0 Å². The van der Waals surface area contributed by atoms with Crippen LogP contribution >= 0.6 is 0 Å². The molecule has 2 aromatic rings. The molecular formula is C9H5N3O2. The van der Waals surface area contributed by atoms with Crippen molar-refractivity contribution >= 4 is 22.4 Å². The highest BCUT2D eigenvalue weighted by Gasteiger charge is 2.23. The number of amides is 1.